The van der Waals surface area contributed by atoms with E-state index in [2.05, 4.69) is 12.2 Å². The third-order valence-corrected chi connectivity index (χ3v) is 2.63. The minimum Gasteiger partial charge on any atom is -0.393 e. The van der Waals surface area contributed by atoms with Crippen molar-refractivity contribution in [3.63, 3.8) is 0 Å². The first-order valence-corrected chi connectivity index (χ1v) is 5.48. The molecule has 0 aliphatic carbocycles. The molecule has 76 valence electrons. The topological polar surface area (TPSA) is 46.3 Å². The fourth-order valence-corrected chi connectivity index (χ4v) is 1.81. The van der Waals surface area contributed by atoms with E-state index in [1.54, 1.807) is 23.3 Å². The van der Waals surface area contributed by atoms with Gasteiger partial charge in [-0.2, -0.15) is 11.3 Å². The van der Waals surface area contributed by atoms with Crippen LogP contribution in [0.3, 0.4) is 0 Å². The van der Waals surface area contributed by atoms with Crippen LogP contribution < -0.4 is 5.73 Å². The number of thiophene rings is 1. The SMILES string of the molecule is CN(Cc1ccsc1)C(=O)CC(N)=S. The predicted octanol–water partition coefficient (Wildman–Crippen LogP) is 1.38. The summed E-state index contributed by atoms with van der Waals surface area (Å²) >= 11 is 6.29. The molecule has 0 unspecified atom stereocenters. The maximum Gasteiger partial charge on any atom is 0.229 e. The molecule has 0 radical (unpaired) electrons. The number of rotatable bonds is 4. The second kappa shape index (κ2) is 5.07. The number of nitrogens with zero attached hydrogens (tertiary/aromatic N) is 1. The van der Waals surface area contributed by atoms with Gasteiger partial charge in [0.25, 0.3) is 0 Å². The summed E-state index contributed by atoms with van der Waals surface area (Å²) in [5.41, 5.74) is 6.42. The van der Waals surface area contributed by atoms with Crippen LogP contribution in [0.4, 0.5) is 0 Å². The molecule has 5 heteroatoms. The minimum absolute atomic E-state index is 0.0382. The molecular formula is C9H12N2OS2. The molecule has 0 atom stereocenters. The van der Waals surface area contributed by atoms with Crippen LogP contribution in [-0.4, -0.2) is 22.8 Å². The number of hydrogen-bond acceptors (Lipinski definition) is 3. The van der Waals surface area contributed by atoms with E-state index in [0.29, 0.717) is 6.54 Å². The second-order valence-corrected chi connectivity index (χ2v) is 4.33. The van der Waals surface area contributed by atoms with Crippen molar-refractivity contribution >= 4 is 34.5 Å². The Morgan fingerprint density at radius 1 is 1.71 bits per heavy atom. The van der Waals surface area contributed by atoms with E-state index in [0.717, 1.165) is 5.56 Å². The molecule has 0 saturated heterocycles. The number of nitrogens with two attached hydrogens (primary N) is 1. The normalized spacial score (nSPS) is 9.79. The Labute approximate surface area is 92.5 Å². The zero-order chi connectivity index (χ0) is 10.6. The molecule has 14 heavy (non-hydrogen) atoms. The van der Waals surface area contributed by atoms with Gasteiger partial charge in [0.05, 0.1) is 11.4 Å². The number of thiocarbonyl (C=S) groups is 1. The molecule has 0 fully saturated rings. The molecule has 0 aromatic carbocycles. The Morgan fingerprint density at radius 3 is 2.93 bits per heavy atom. The molecule has 1 aromatic heterocycles. The van der Waals surface area contributed by atoms with Gasteiger partial charge < -0.3 is 10.6 Å². The molecule has 1 aromatic rings. The molecule has 2 N–H and O–H groups in total. The average molecular weight is 228 g/mol. The van der Waals surface area contributed by atoms with E-state index >= 15 is 0 Å². The Morgan fingerprint density at radius 2 is 2.43 bits per heavy atom. The molecule has 1 amide bonds. The maximum absolute atomic E-state index is 11.4. The van der Waals surface area contributed by atoms with E-state index in [1.165, 1.54) is 0 Å². The highest BCUT2D eigenvalue weighted by molar-refractivity contribution is 7.80. The van der Waals surface area contributed by atoms with Crippen LogP contribution in [0.15, 0.2) is 16.8 Å². The van der Waals surface area contributed by atoms with Gasteiger partial charge in [-0.15, -0.1) is 0 Å². The van der Waals surface area contributed by atoms with Crippen molar-refractivity contribution in [2.24, 2.45) is 5.73 Å². The number of carbonyl (C=O) groups excluding carboxylic acids is 1. The Bertz CT molecular complexity index is 322. The van der Waals surface area contributed by atoms with Gasteiger partial charge >= 0.3 is 0 Å². The van der Waals surface area contributed by atoms with E-state index in [-0.39, 0.29) is 17.3 Å². The summed E-state index contributed by atoms with van der Waals surface area (Å²) in [5.74, 6) is -0.0382. The molecule has 1 rings (SSSR count). The summed E-state index contributed by atoms with van der Waals surface area (Å²) in [6.45, 7) is 0.616. The van der Waals surface area contributed by atoms with Crippen LogP contribution in [0, 0.1) is 0 Å². The summed E-state index contributed by atoms with van der Waals surface area (Å²) in [6, 6.07) is 2.00. The maximum atomic E-state index is 11.4. The van der Waals surface area contributed by atoms with E-state index in [4.69, 9.17) is 5.73 Å². The minimum atomic E-state index is -0.0382. The fraction of sp³-hybridized carbons (Fsp3) is 0.333. The molecular weight excluding hydrogens is 216 g/mol. The van der Waals surface area contributed by atoms with E-state index in [1.807, 2.05) is 16.8 Å². The van der Waals surface area contributed by atoms with Gasteiger partial charge in [0.2, 0.25) is 5.91 Å². The van der Waals surface area contributed by atoms with Crippen molar-refractivity contribution in [1.82, 2.24) is 4.90 Å². The van der Waals surface area contributed by atoms with E-state index in [9.17, 15) is 4.79 Å². The van der Waals surface area contributed by atoms with Crippen LogP contribution in [0.2, 0.25) is 0 Å². The summed E-state index contributed by atoms with van der Waals surface area (Å²) in [6.07, 6.45) is 0.149. The van der Waals surface area contributed by atoms with Gasteiger partial charge in [-0.25, -0.2) is 0 Å². The van der Waals surface area contributed by atoms with E-state index < -0.39 is 0 Å². The van der Waals surface area contributed by atoms with Crippen molar-refractivity contribution in [2.75, 3.05) is 7.05 Å². The lowest BCUT2D eigenvalue weighted by Crippen LogP contribution is -2.29. The quantitative estimate of drug-likeness (QED) is 0.792. The smallest absolute Gasteiger partial charge is 0.229 e. The molecule has 0 aliphatic heterocycles. The molecule has 3 nitrogen and oxygen atoms in total. The first-order valence-electron chi connectivity index (χ1n) is 4.13. The highest BCUT2D eigenvalue weighted by Crippen LogP contribution is 2.08. The van der Waals surface area contributed by atoms with Crippen LogP contribution in [-0.2, 0) is 11.3 Å². The first kappa shape index (κ1) is 11.1. The van der Waals surface area contributed by atoms with Crippen molar-refractivity contribution in [2.45, 2.75) is 13.0 Å². The van der Waals surface area contributed by atoms with Crippen molar-refractivity contribution in [3.05, 3.63) is 22.4 Å². The average Bonchev–Trinajstić information content (AvgIpc) is 2.55. The predicted molar refractivity (Wildman–Crippen MR) is 62.2 cm³/mol. The lowest BCUT2D eigenvalue weighted by molar-refractivity contribution is -0.129. The summed E-state index contributed by atoms with van der Waals surface area (Å²) in [4.78, 5) is 13.3. The second-order valence-electron chi connectivity index (χ2n) is 3.02. The van der Waals surface area contributed by atoms with Crippen LogP contribution in [0.25, 0.3) is 0 Å². The van der Waals surface area contributed by atoms with Crippen LogP contribution >= 0.6 is 23.6 Å². The zero-order valence-corrected chi connectivity index (χ0v) is 9.53. The third kappa shape index (κ3) is 3.43. The molecule has 0 bridgehead atoms. The van der Waals surface area contributed by atoms with Crippen LogP contribution in [0.5, 0.6) is 0 Å². The molecule has 0 spiro atoms. The third-order valence-electron chi connectivity index (χ3n) is 1.75. The Balaban J connectivity index is 2.46. The lowest BCUT2D eigenvalue weighted by Gasteiger charge is -2.15. The summed E-state index contributed by atoms with van der Waals surface area (Å²) in [5, 5.41) is 4.01. The zero-order valence-electron chi connectivity index (χ0n) is 7.90. The van der Waals surface area contributed by atoms with Gasteiger partial charge in [0.15, 0.2) is 0 Å². The van der Waals surface area contributed by atoms with Gasteiger partial charge in [0.1, 0.15) is 0 Å². The monoisotopic (exact) mass is 228 g/mol. The van der Waals surface area contributed by atoms with Crippen LogP contribution in [0.1, 0.15) is 12.0 Å². The Hall–Kier alpha value is -0.940. The van der Waals surface area contributed by atoms with Crippen molar-refractivity contribution in [1.29, 1.82) is 0 Å². The van der Waals surface area contributed by atoms with Crippen molar-refractivity contribution in [3.8, 4) is 0 Å². The van der Waals surface area contributed by atoms with Gasteiger partial charge in [0, 0.05) is 13.6 Å². The summed E-state index contributed by atoms with van der Waals surface area (Å²) < 4.78 is 0. The highest BCUT2D eigenvalue weighted by atomic mass is 32.1. The largest absolute Gasteiger partial charge is 0.393 e. The molecule has 0 saturated carbocycles. The van der Waals surface area contributed by atoms with Crippen molar-refractivity contribution < 1.29 is 4.79 Å². The standard InChI is InChI=1S/C9H12N2OS2/c1-11(9(12)4-8(10)13)5-7-2-3-14-6-7/h2-3,6H,4-5H2,1H3,(H2,10,13). The van der Waals surface area contributed by atoms with Gasteiger partial charge in [-0.05, 0) is 22.4 Å². The Kier molecular flexibility index (Phi) is 4.03. The summed E-state index contributed by atoms with van der Waals surface area (Å²) in [7, 11) is 1.75. The molecule has 1 heterocycles. The molecule has 0 aliphatic rings. The number of amides is 1. The van der Waals surface area contributed by atoms with Gasteiger partial charge in [-0.3, -0.25) is 4.79 Å². The fourth-order valence-electron chi connectivity index (χ4n) is 1.03. The highest BCUT2D eigenvalue weighted by Gasteiger charge is 2.09. The lowest BCUT2D eigenvalue weighted by atomic mass is 10.3. The van der Waals surface area contributed by atoms with Gasteiger partial charge in [-0.1, -0.05) is 12.2 Å². The number of carbonyl (C=O) groups is 1. The first-order chi connectivity index (χ1) is 6.59. The number of hydrogen-bond donors (Lipinski definition) is 1.